The van der Waals surface area contributed by atoms with Crippen LogP contribution in [0, 0.1) is 0 Å². The van der Waals surface area contributed by atoms with Crippen LogP contribution in [0.5, 0.6) is 0 Å². The van der Waals surface area contributed by atoms with Gasteiger partial charge in [0.2, 0.25) is 5.91 Å². The van der Waals surface area contributed by atoms with E-state index in [1.54, 1.807) is 0 Å². The average Bonchev–Trinajstić information content (AvgIpc) is 3.16. The van der Waals surface area contributed by atoms with Gasteiger partial charge in [0.05, 0.1) is 12.6 Å². The summed E-state index contributed by atoms with van der Waals surface area (Å²) >= 11 is 0. The fraction of sp³-hybridized carbons (Fsp3) is 0.591. The maximum Gasteiger partial charge on any atom is 0.234 e. The minimum Gasteiger partial charge on any atom is -0.377 e. The molecule has 142 valence electrons. The summed E-state index contributed by atoms with van der Waals surface area (Å²) in [6.45, 7) is 3.66. The normalized spacial score (nSPS) is 20.2. The third-order valence-corrected chi connectivity index (χ3v) is 5.26. The van der Waals surface area contributed by atoms with Gasteiger partial charge >= 0.3 is 0 Å². The topological polar surface area (TPSA) is 41.6 Å². The Hall–Kier alpha value is -1.65. The number of amides is 1. The first-order chi connectivity index (χ1) is 12.8. The Kier molecular flexibility index (Phi) is 7.71. The van der Waals surface area contributed by atoms with Gasteiger partial charge in [-0.25, -0.2) is 0 Å². The first-order valence-electron chi connectivity index (χ1n) is 10.1. The van der Waals surface area contributed by atoms with Crippen LogP contribution in [0.2, 0.25) is 0 Å². The molecule has 26 heavy (non-hydrogen) atoms. The molecule has 1 aliphatic carbocycles. The number of nitrogens with one attached hydrogen (secondary N) is 1. The summed E-state index contributed by atoms with van der Waals surface area (Å²) in [6.07, 6.45) is 10.9. The van der Waals surface area contributed by atoms with Gasteiger partial charge in [-0.2, -0.15) is 0 Å². The van der Waals surface area contributed by atoms with Crippen molar-refractivity contribution in [3.63, 3.8) is 0 Å². The maximum absolute atomic E-state index is 12.4. The molecule has 0 saturated carbocycles. The first kappa shape index (κ1) is 19.1. The minimum atomic E-state index is 0.121. The van der Waals surface area contributed by atoms with Gasteiger partial charge in [0.1, 0.15) is 0 Å². The van der Waals surface area contributed by atoms with Gasteiger partial charge in [-0.1, -0.05) is 42.0 Å². The molecule has 1 saturated heterocycles. The summed E-state index contributed by atoms with van der Waals surface area (Å²) in [6, 6.07) is 10.4. The summed E-state index contributed by atoms with van der Waals surface area (Å²) in [4.78, 5) is 14.7. The Morgan fingerprint density at radius 3 is 2.81 bits per heavy atom. The summed E-state index contributed by atoms with van der Waals surface area (Å²) in [5.41, 5.74) is 2.75. The van der Waals surface area contributed by atoms with Gasteiger partial charge in [0.15, 0.2) is 0 Å². The Labute approximate surface area is 157 Å². The number of allylic oxidation sites excluding steroid dienone is 1. The molecule has 1 fully saturated rings. The van der Waals surface area contributed by atoms with Crippen LogP contribution < -0.4 is 5.32 Å². The van der Waals surface area contributed by atoms with E-state index >= 15 is 0 Å². The Morgan fingerprint density at radius 1 is 1.19 bits per heavy atom. The van der Waals surface area contributed by atoms with Crippen LogP contribution in [0.3, 0.4) is 0 Å². The van der Waals surface area contributed by atoms with E-state index in [0.29, 0.717) is 6.54 Å². The molecule has 3 rings (SSSR count). The minimum absolute atomic E-state index is 0.121. The monoisotopic (exact) mass is 356 g/mol. The summed E-state index contributed by atoms with van der Waals surface area (Å²) in [5, 5.41) is 3.11. The molecule has 0 spiro atoms. The zero-order chi connectivity index (χ0) is 18.0. The Bertz CT molecular complexity index is 579. The molecule has 1 amide bonds. The van der Waals surface area contributed by atoms with E-state index in [9.17, 15) is 4.79 Å². The standard InChI is InChI=1S/C22H32N2O2/c25-22(23-14-13-19-8-3-1-4-9-19)18-24(17-21-12-7-15-26-21)16-20-10-5-2-6-11-20/h2,5-6,8,10-11,21H,1,3-4,7,9,12-18H2,(H,23,25). The van der Waals surface area contributed by atoms with Crippen LogP contribution in [0.1, 0.15) is 50.5 Å². The summed E-state index contributed by atoms with van der Waals surface area (Å²) < 4.78 is 5.78. The quantitative estimate of drug-likeness (QED) is 0.687. The molecule has 2 aliphatic rings. The lowest BCUT2D eigenvalue weighted by Crippen LogP contribution is -2.40. The smallest absolute Gasteiger partial charge is 0.234 e. The lowest BCUT2D eigenvalue weighted by Gasteiger charge is -2.25. The van der Waals surface area contributed by atoms with E-state index in [2.05, 4.69) is 40.6 Å². The number of ether oxygens (including phenoxy) is 1. The van der Waals surface area contributed by atoms with Crippen molar-refractivity contribution in [1.82, 2.24) is 10.2 Å². The largest absolute Gasteiger partial charge is 0.377 e. The fourth-order valence-corrected chi connectivity index (χ4v) is 3.86. The van der Waals surface area contributed by atoms with Gasteiger partial charge in [-0.3, -0.25) is 9.69 Å². The number of hydrogen-bond acceptors (Lipinski definition) is 3. The second kappa shape index (κ2) is 10.5. The van der Waals surface area contributed by atoms with Crippen LogP contribution >= 0.6 is 0 Å². The predicted molar refractivity (Wildman–Crippen MR) is 105 cm³/mol. The second-order valence-corrected chi connectivity index (χ2v) is 7.50. The van der Waals surface area contributed by atoms with Crippen LogP contribution in [0.15, 0.2) is 42.0 Å². The second-order valence-electron chi connectivity index (χ2n) is 7.50. The fourth-order valence-electron chi connectivity index (χ4n) is 3.86. The highest BCUT2D eigenvalue weighted by atomic mass is 16.5. The first-order valence-corrected chi connectivity index (χ1v) is 10.1. The van der Waals surface area contributed by atoms with Crippen LogP contribution in [-0.2, 0) is 16.1 Å². The van der Waals surface area contributed by atoms with E-state index in [-0.39, 0.29) is 12.0 Å². The van der Waals surface area contributed by atoms with Crippen LogP contribution in [0.4, 0.5) is 0 Å². The van der Waals surface area contributed by atoms with Crippen molar-refractivity contribution in [3.8, 4) is 0 Å². The molecule has 1 N–H and O–H groups in total. The molecule has 1 aliphatic heterocycles. The molecule has 1 aromatic rings. The van der Waals surface area contributed by atoms with E-state index in [1.165, 1.54) is 36.8 Å². The van der Waals surface area contributed by atoms with Gasteiger partial charge in [0, 0.05) is 26.2 Å². The molecule has 0 radical (unpaired) electrons. The Morgan fingerprint density at radius 2 is 2.08 bits per heavy atom. The van der Waals surface area contributed by atoms with Gasteiger partial charge in [-0.15, -0.1) is 0 Å². The number of rotatable bonds is 9. The number of hydrogen-bond donors (Lipinski definition) is 1. The zero-order valence-electron chi connectivity index (χ0n) is 15.8. The van der Waals surface area contributed by atoms with Gasteiger partial charge in [0.25, 0.3) is 0 Å². The van der Waals surface area contributed by atoms with Crippen LogP contribution in [-0.4, -0.2) is 43.2 Å². The molecule has 4 heteroatoms. The van der Waals surface area contributed by atoms with Gasteiger partial charge < -0.3 is 10.1 Å². The molecular formula is C22H32N2O2. The van der Waals surface area contributed by atoms with E-state index in [1.807, 2.05) is 6.07 Å². The van der Waals surface area contributed by atoms with Crippen molar-refractivity contribution >= 4 is 5.91 Å². The SMILES string of the molecule is O=C(CN(Cc1ccccc1)CC1CCCO1)NCCC1=CCCCC1. The summed E-state index contributed by atoms with van der Waals surface area (Å²) in [5.74, 6) is 0.121. The van der Waals surface area contributed by atoms with Gasteiger partial charge in [-0.05, 0) is 50.5 Å². The lowest BCUT2D eigenvalue weighted by atomic mass is 9.97. The Balaban J connectivity index is 1.46. The third-order valence-electron chi connectivity index (χ3n) is 5.26. The van der Waals surface area contributed by atoms with Crippen molar-refractivity contribution in [2.45, 2.75) is 57.6 Å². The number of nitrogens with zero attached hydrogens (tertiary/aromatic N) is 1. The number of benzene rings is 1. The van der Waals surface area contributed by atoms with Crippen molar-refractivity contribution in [1.29, 1.82) is 0 Å². The number of carbonyl (C=O) groups is 1. The molecule has 1 aromatic carbocycles. The van der Waals surface area contributed by atoms with E-state index in [4.69, 9.17) is 4.74 Å². The van der Waals surface area contributed by atoms with Crippen molar-refractivity contribution in [3.05, 3.63) is 47.5 Å². The highest BCUT2D eigenvalue weighted by Gasteiger charge is 2.21. The lowest BCUT2D eigenvalue weighted by molar-refractivity contribution is -0.122. The summed E-state index contributed by atoms with van der Waals surface area (Å²) in [7, 11) is 0. The van der Waals surface area contributed by atoms with E-state index < -0.39 is 0 Å². The molecule has 4 nitrogen and oxygen atoms in total. The van der Waals surface area contributed by atoms with Crippen molar-refractivity contribution < 1.29 is 9.53 Å². The van der Waals surface area contributed by atoms with E-state index in [0.717, 1.165) is 45.5 Å². The molecular weight excluding hydrogens is 324 g/mol. The maximum atomic E-state index is 12.4. The third kappa shape index (κ3) is 6.58. The van der Waals surface area contributed by atoms with Crippen molar-refractivity contribution in [2.24, 2.45) is 0 Å². The molecule has 0 bridgehead atoms. The molecule has 1 heterocycles. The molecule has 1 unspecified atom stereocenters. The highest BCUT2D eigenvalue weighted by Crippen LogP contribution is 2.19. The van der Waals surface area contributed by atoms with Crippen molar-refractivity contribution in [2.75, 3.05) is 26.2 Å². The predicted octanol–water partition coefficient (Wildman–Crippen LogP) is 3.67. The average molecular weight is 357 g/mol. The van der Waals surface area contributed by atoms with Crippen LogP contribution in [0.25, 0.3) is 0 Å². The number of carbonyl (C=O) groups excluding carboxylic acids is 1. The zero-order valence-corrected chi connectivity index (χ0v) is 15.8. The highest BCUT2D eigenvalue weighted by molar-refractivity contribution is 5.78. The molecule has 0 aromatic heterocycles. The molecule has 1 atom stereocenters.